The van der Waals surface area contributed by atoms with Crippen LogP contribution in [0, 0.1) is 0 Å². The number of aliphatic hydroxyl groups excluding tert-OH is 1. The number of nitrogens with zero attached hydrogens (tertiary/aromatic N) is 1. The normalized spacial score (nSPS) is 19.9. The smallest absolute Gasteiger partial charge is 0.0613 e. The van der Waals surface area contributed by atoms with Gasteiger partial charge in [0.25, 0.3) is 0 Å². The maximum atomic E-state index is 9.57. The Labute approximate surface area is 97.5 Å². The maximum Gasteiger partial charge on any atom is 0.0613 e. The molecule has 0 saturated heterocycles. The van der Waals surface area contributed by atoms with Crippen molar-refractivity contribution in [3.63, 3.8) is 0 Å². The lowest BCUT2D eigenvalue weighted by molar-refractivity contribution is 0.119. The largest absolute Gasteiger partial charge is 0.394 e. The quantitative estimate of drug-likeness (QED) is 0.815. The Balaban J connectivity index is 1.94. The summed E-state index contributed by atoms with van der Waals surface area (Å²) in [5.41, 5.74) is 1.25. The second-order valence-corrected chi connectivity index (χ2v) is 4.96. The zero-order valence-corrected chi connectivity index (χ0v) is 10.1. The summed E-state index contributed by atoms with van der Waals surface area (Å²) >= 11 is 0. The number of hydrogen-bond acceptors (Lipinski definition) is 2. The van der Waals surface area contributed by atoms with Crippen molar-refractivity contribution < 1.29 is 5.11 Å². The summed E-state index contributed by atoms with van der Waals surface area (Å²) < 4.78 is 2.13. The molecule has 0 bridgehead atoms. The fourth-order valence-electron chi connectivity index (χ4n) is 2.58. The molecule has 1 aliphatic rings. The Hall–Kier alpha value is -0.800. The molecule has 2 N–H and O–H groups in total. The van der Waals surface area contributed by atoms with E-state index >= 15 is 0 Å². The number of aryl methyl sites for hydroxylation is 1. The third kappa shape index (κ3) is 2.47. The fourth-order valence-corrected chi connectivity index (χ4v) is 2.58. The minimum Gasteiger partial charge on any atom is -0.394 e. The maximum absolute atomic E-state index is 9.57. The fraction of sp³-hybridized carbons (Fsp3) is 0.692. The van der Waals surface area contributed by atoms with Gasteiger partial charge in [0.05, 0.1) is 6.61 Å². The van der Waals surface area contributed by atoms with Gasteiger partial charge in [-0.3, -0.25) is 0 Å². The van der Waals surface area contributed by atoms with Gasteiger partial charge in [0.15, 0.2) is 0 Å². The predicted octanol–water partition coefficient (Wildman–Crippen LogP) is 1.81. The summed E-state index contributed by atoms with van der Waals surface area (Å²) in [6.45, 7) is 1.11. The highest BCUT2D eigenvalue weighted by molar-refractivity contribution is 5.07. The van der Waals surface area contributed by atoms with Crippen molar-refractivity contribution in [2.24, 2.45) is 7.05 Å². The number of rotatable bonds is 4. The first-order valence-electron chi connectivity index (χ1n) is 6.22. The van der Waals surface area contributed by atoms with E-state index in [9.17, 15) is 5.11 Å². The number of hydrogen-bond donors (Lipinski definition) is 2. The lowest BCUT2D eigenvalue weighted by Gasteiger charge is -2.36. The second kappa shape index (κ2) is 5.02. The predicted molar refractivity (Wildman–Crippen MR) is 65.2 cm³/mol. The summed E-state index contributed by atoms with van der Waals surface area (Å²) in [4.78, 5) is 0. The molecule has 3 nitrogen and oxygen atoms in total. The SMILES string of the molecule is Cn1cccc1CNC1(CO)CCCCC1. The van der Waals surface area contributed by atoms with Crippen molar-refractivity contribution in [3.05, 3.63) is 24.0 Å². The summed E-state index contributed by atoms with van der Waals surface area (Å²) in [7, 11) is 2.06. The summed E-state index contributed by atoms with van der Waals surface area (Å²) in [5, 5.41) is 13.1. The van der Waals surface area contributed by atoms with Crippen molar-refractivity contribution in [3.8, 4) is 0 Å². The van der Waals surface area contributed by atoms with E-state index < -0.39 is 0 Å². The van der Waals surface area contributed by atoms with Gasteiger partial charge in [0.1, 0.15) is 0 Å². The summed E-state index contributed by atoms with van der Waals surface area (Å²) in [6, 6.07) is 4.18. The molecule has 16 heavy (non-hydrogen) atoms. The first kappa shape index (κ1) is 11.7. The molecular weight excluding hydrogens is 200 g/mol. The standard InChI is InChI=1S/C13H22N2O/c1-15-9-5-6-12(15)10-14-13(11-16)7-3-2-4-8-13/h5-6,9,14,16H,2-4,7-8,10-11H2,1H3. The minimum atomic E-state index is -0.0253. The Morgan fingerprint density at radius 3 is 2.69 bits per heavy atom. The van der Waals surface area contributed by atoms with Crippen LogP contribution in [0.5, 0.6) is 0 Å². The lowest BCUT2D eigenvalue weighted by atomic mass is 9.82. The monoisotopic (exact) mass is 222 g/mol. The topological polar surface area (TPSA) is 37.2 Å². The van der Waals surface area contributed by atoms with E-state index in [0.717, 1.165) is 19.4 Å². The average molecular weight is 222 g/mol. The molecule has 0 radical (unpaired) electrons. The van der Waals surface area contributed by atoms with Crippen molar-refractivity contribution in [1.82, 2.24) is 9.88 Å². The van der Waals surface area contributed by atoms with Crippen molar-refractivity contribution in [1.29, 1.82) is 0 Å². The molecule has 1 aromatic heterocycles. The van der Waals surface area contributed by atoms with E-state index in [2.05, 4.69) is 35.3 Å². The van der Waals surface area contributed by atoms with Crippen molar-refractivity contribution in [2.75, 3.05) is 6.61 Å². The first-order chi connectivity index (χ1) is 7.76. The second-order valence-electron chi connectivity index (χ2n) is 4.96. The van der Waals surface area contributed by atoms with Crippen LogP contribution in [0.15, 0.2) is 18.3 Å². The molecule has 90 valence electrons. The van der Waals surface area contributed by atoms with Crippen LogP contribution in [0.3, 0.4) is 0 Å². The van der Waals surface area contributed by atoms with Gasteiger partial charge in [0, 0.05) is 31.0 Å². The van der Waals surface area contributed by atoms with Gasteiger partial charge in [-0.2, -0.15) is 0 Å². The van der Waals surface area contributed by atoms with Crippen LogP contribution in [-0.4, -0.2) is 21.8 Å². The molecule has 0 atom stereocenters. The third-order valence-corrected chi connectivity index (χ3v) is 3.81. The van der Waals surface area contributed by atoms with Crippen LogP contribution in [0.1, 0.15) is 37.8 Å². The van der Waals surface area contributed by atoms with Crippen LogP contribution < -0.4 is 5.32 Å². The molecule has 0 unspecified atom stereocenters. The molecule has 0 spiro atoms. The van der Waals surface area contributed by atoms with Gasteiger partial charge in [-0.1, -0.05) is 19.3 Å². The molecule has 0 amide bonds. The van der Waals surface area contributed by atoms with Gasteiger partial charge in [0.2, 0.25) is 0 Å². The Bertz CT molecular complexity index is 326. The molecule has 1 aliphatic carbocycles. The van der Waals surface area contributed by atoms with Crippen LogP contribution >= 0.6 is 0 Å². The van der Waals surface area contributed by atoms with Crippen molar-refractivity contribution >= 4 is 0 Å². The van der Waals surface area contributed by atoms with E-state index in [-0.39, 0.29) is 12.1 Å². The summed E-state index contributed by atoms with van der Waals surface area (Å²) in [5.74, 6) is 0. The van der Waals surface area contributed by atoms with E-state index in [1.165, 1.54) is 25.0 Å². The molecule has 2 rings (SSSR count). The third-order valence-electron chi connectivity index (χ3n) is 3.81. The highest BCUT2D eigenvalue weighted by Gasteiger charge is 2.30. The number of aliphatic hydroxyl groups is 1. The van der Waals surface area contributed by atoms with Gasteiger partial charge in [-0.25, -0.2) is 0 Å². The van der Waals surface area contributed by atoms with Crippen LogP contribution in [0.2, 0.25) is 0 Å². The van der Waals surface area contributed by atoms with Gasteiger partial charge < -0.3 is 15.0 Å². The van der Waals surface area contributed by atoms with Crippen LogP contribution in [0.25, 0.3) is 0 Å². The zero-order chi connectivity index (χ0) is 11.4. The van der Waals surface area contributed by atoms with Gasteiger partial charge >= 0.3 is 0 Å². The van der Waals surface area contributed by atoms with E-state index in [4.69, 9.17) is 0 Å². The summed E-state index contributed by atoms with van der Waals surface area (Å²) in [6.07, 6.45) is 8.06. The highest BCUT2D eigenvalue weighted by atomic mass is 16.3. The number of nitrogens with one attached hydrogen (secondary N) is 1. The molecular formula is C13H22N2O. The molecule has 1 heterocycles. The van der Waals surface area contributed by atoms with Crippen LogP contribution in [0.4, 0.5) is 0 Å². The molecule has 1 fully saturated rings. The molecule has 1 aromatic rings. The van der Waals surface area contributed by atoms with Crippen LogP contribution in [-0.2, 0) is 13.6 Å². The van der Waals surface area contributed by atoms with Gasteiger partial charge in [-0.15, -0.1) is 0 Å². The Kier molecular flexibility index (Phi) is 3.66. The Morgan fingerprint density at radius 2 is 2.12 bits per heavy atom. The zero-order valence-electron chi connectivity index (χ0n) is 10.1. The molecule has 0 aliphatic heterocycles. The highest BCUT2D eigenvalue weighted by Crippen LogP contribution is 2.28. The average Bonchev–Trinajstić information content (AvgIpc) is 2.74. The molecule has 0 aromatic carbocycles. The minimum absolute atomic E-state index is 0.0253. The first-order valence-corrected chi connectivity index (χ1v) is 6.22. The van der Waals surface area contributed by atoms with E-state index in [1.54, 1.807) is 0 Å². The van der Waals surface area contributed by atoms with Gasteiger partial charge in [-0.05, 0) is 25.0 Å². The lowest BCUT2D eigenvalue weighted by Crippen LogP contribution is -2.49. The molecule has 3 heteroatoms. The van der Waals surface area contributed by atoms with E-state index in [1.807, 2.05) is 0 Å². The molecule has 1 saturated carbocycles. The Morgan fingerprint density at radius 1 is 1.38 bits per heavy atom. The van der Waals surface area contributed by atoms with E-state index in [0.29, 0.717) is 0 Å². The number of aromatic nitrogens is 1. The van der Waals surface area contributed by atoms with Crippen molar-refractivity contribution in [2.45, 2.75) is 44.2 Å².